The summed E-state index contributed by atoms with van der Waals surface area (Å²) in [5.41, 5.74) is 4.52. The zero-order valence-corrected chi connectivity index (χ0v) is 22.1. The van der Waals surface area contributed by atoms with E-state index in [0.29, 0.717) is 7.48 Å². The van der Waals surface area contributed by atoms with Crippen molar-refractivity contribution in [2.45, 2.75) is 38.9 Å². The van der Waals surface area contributed by atoms with Crippen LogP contribution in [-0.2, 0) is 9.39 Å². The van der Waals surface area contributed by atoms with Gasteiger partial charge in [-0.1, -0.05) is 66.7 Å². The van der Waals surface area contributed by atoms with E-state index in [9.17, 15) is 0 Å². The molecule has 6 rings (SSSR count). The fraction of sp³-hybridized carbons (Fsp3) is 0.212. The van der Waals surface area contributed by atoms with Gasteiger partial charge in [-0.3, -0.25) is 0 Å². The Balaban J connectivity index is 1.43. The second-order valence-corrected chi connectivity index (χ2v) is 10.8. The molecule has 3 nitrogen and oxygen atoms in total. The lowest BCUT2D eigenvalue weighted by molar-refractivity contribution is -0.114. The smallest absolute Gasteiger partial charge is 0.310 e. The van der Waals surface area contributed by atoms with Gasteiger partial charge in [-0.25, -0.2) is 0 Å². The molecule has 0 N–H and O–H groups in total. The molecular weight excluding hydrogens is 455 g/mol. The summed E-state index contributed by atoms with van der Waals surface area (Å²) < 4.78 is 18.4. The zero-order chi connectivity index (χ0) is 25.8. The molecule has 1 heterocycles. The summed E-state index contributed by atoms with van der Waals surface area (Å²) >= 11 is 0. The molecule has 0 radical (unpaired) electrons. The van der Waals surface area contributed by atoms with E-state index in [1.54, 1.807) is 7.11 Å². The predicted molar refractivity (Wildman–Crippen MR) is 157 cm³/mol. The minimum atomic E-state index is -0.445. The zero-order valence-electron chi connectivity index (χ0n) is 22.1. The second-order valence-electron chi connectivity index (χ2n) is 10.8. The molecule has 0 aliphatic carbocycles. The van der Waals surface area contributed by atoms with Gasteiger partial charge in [-0.05, 0) is 90.1 Å². The van der Waals surface area contributed by atoms with Gasteiger partial charge < -0.3 is 13.8 Å². The maximum Gasteiger partial charge on any atom is 0.310 e. The summed E-state index contributed by atoms with van der Waals surface area (Å²) in [4.78, 5) is 0. The van der Waals surface area contributed by atoms with Crippen molar-refractivity contribution < 1.29 is 13.8 Å². The number of furan rings is 1. The Hall–Kier alpha value is -3.60. The number of rotatable bonds is 6. The Kier molecular flexibility index (Phi) is 5.63. The average molecular weight is 486 g/mol. The summed E-state index contributed by atoms with van der Waals surface area (Å²) in [5.74, 6) is 0. The van der Waals surface area contributed by atoms with E-state index in [1.165, 1.54) is 38.1 Å². The quantitative estimate of drug-likeness (QED) is 0.226. The van der Waals surface area contributed by atoms with Gasteiger partial charge in [-0.15, -0.1) is 0 Å². The van der Waals surface area contributed by atoms with Crippen molar-refractivity contribution in [1.29, 1.82) is 0 Å². The van der Waals surface area contributed by atoms with Crippen LogP contribution in [0.15, 0.2) is 95.4 Å². The third-order valence-electron chi connectivity index (χ3n) is 8.21. The van der Waals surface area contributed by atoms with Crippen LogP contribution in [0.5, 0.6) is 0 Å². The first-order chi connectivity index (χ1) is 17.8. The van der Waals surface area contributed by atoms with Crippen molar-refractivity contribution in [1.82, 2.24) is 0 Å². The summed E-state index contributed by atoms with van der Waals surface area (Å²) in [6.45, 7) is 8.29. The summed E-state index contributed by atoms with van der Waals surface area (Å²) in [6.07, 6.45) is 0. The van der Waals surface area contributed by atoms with Gasteiger partial charge in [0.25, 0.3) is 0 Å². The number of methoxy groups -OCH3 is 1. The van der Waals surface area contributed by atoms with Crippen LogP contribution in [0.1, 0.15) is 27.7 Å². The molecule has 0 atom stereocenters. The third-order valence-corrected chi connectivity index (χ3v) is 8.21. The summed E-state index contributed by atoms with van der Waals surface area (Å²) in [6, 6.07) is 32.3. The van der Waals surface area contributed by atoms with E-state index in [1.807, 2.05) is 0 Å². The topological polar surface area (TPSA) is 31.6 Å². The largest absolute Gasteiger partial charge is 0.456 e. The lowest BCUT2D eigenvalue weighted by Gasteiger charge is -2.40. The van der Waals surface area contributed by atoms with Crippen LogP contribution in [0.3, 0.4) is 0 Å². The van der Waals surface area contributed by atoms with E-state index >= 15 is 0 Å². The van der Waals surface area contributed by atoms with Gasteiger partial charge in [0.15, 0.2) is 0 Å². The Labute approximate surface area is 218 Å². The molecule has 0 saturated heterocycles. The second kappa shape index (κ2) is 8.76. The SMILES string of the molecule is COC(C)(C)C(C)(C)OBc1ccc(-c2ccc3oc4cc5ccccc5cc4c3c2)c2ccccc12. The van der Waals surface area contributed by atoms with Crippen molar-refractivity contribution >= 4 is 56.4 Å². The highest BCUT2D eigenvalue weighted by Crippen LogP contribution is 2.36. The van der Waals surface area contributed by atoms with Crippen LogP contribution in [0.25, 0.3) is 54.6 Å². The molecule has 0 spiro atoms. The van der Waals surface area contributed by atoms with Crippen LogP contribution in [-0.4, -0.2) is 25.8 Å². The number of benzene rings is 5. The van der Waals surface area contributed by atoms with Gasteiger partial charge in [0.05, 0.1) is 11.2 Å². The van der Waals surface area contributed by atoms with Crippen molar-refractivity contribution in [3.63, 3.8) is 0 Å². The van der Waals surface area contributed by atoms with Crippen molar-refractivity contribution in [3.8, 4) is 11.1 Å². The molecule has 37 heavy (non-hydrogen) atoms. The molecule has 0 fully saturated rings. The fourth-order valence-electron chi connectivity index (χ4n) is 5.05. The summed E-state index contributed by atoms with van der Waals surface area (Å²) in [7, 11) is 2.25. The van der Waals surface area contributed by atoms with Crippen LogP contribution >= 0.6 is 0 Å². The first-order valence-electron chi connectivity index (χ1n) is 12.8. The first kappa shape index (κ1) is 23.8. The highest BCUT2D eigenvalue weighted by Gasteiger charge is 2.38. The predicted octanol–water partition coefficient (Wildman–Crippen LogP) is 7.76. The Morgan fingerprint density at radius 2 is 1.30 bits per heavy atom. The third kappa shape index (κ3) is 4.01. The highest BCUT2D eigenvalue weighted by molar-refractivity contribution is 6.51. The molecule has 0 bridgehead atoms. The highest BCUT2D eigenvalue weighted by atomic mass is 16.5. The first-order valence-corrected chi connectivity index (χ1v) is 12.8. The van der Waals surface area contributed by atoms with E-state index < -0.39 is 11.2 Å². The molecule has 0 aliphatic heterocycles. The Bertz CT molecular complexity index is 1780. The van der Waals surface area contributed by atoms with Crippen molar-refractivity contribution in [3.05, 3.63) is 91.0 Å². The Morgan fingerprint density at radius 3 is 2.05 bits per heavy atom. The van der Waals surface area contributed by atoms with E-state index in [4.69, 9.17) is 13.8 Å². The van der Waals surface area contributed by atoms with E-state index in [2.05, 4.69) is 119 Å². The van der Waals surface area contributed by atoms with Crippen molar-refractivity contribution in [2.24, 2.45) is 0 Å². The molecule has 0 amide bonds. The van der Waals surface area contributed by atoms with Gasteiger partial charge in [0.2, 0.25) is 0 Å². The molecule has 1 aromatic heterocycles. The van der Waals surface area contributed by atoms with Crippen LogP contribution in [0.2, 0.25) is 0 Å². The molecule has 0 saturated carbocycles. The monoisotopic (exact) mass is 486 g/mol. The lowest BCUT2D eigenvalue weighted by atomic mass is 9.79. The van der Waals surface area contributed by atoms with Crippen LogP contribution < -0.4 is 5.46 Å². The van der Waals surface area contributed by atoms with E-state index in [0.717, 1.165) is 21.9 Å². The minimum absolute atomic E-state index is 0.406. The summed E-state index contributed by atoms with van der Waals surface area (Å²) in [5, 5.41) is 7.11. The molecule has 6 aromatic rings. The normalized spacial score (nSPS) is 12.7. The number of fused-ring (bicyclic) bond motifs is 5. The van der Waals surface area contributed by atoms with Gasteiger partial charge in [0, 0.05) is 17.9 Å². The van der Waals surface area contributed by atoms with Gasteiger partial charge >= 0.3 is 7.48 Å². The Morgan fingerprint density at radius 1 is 0.622 bits per heavy atom. The number of hydrogen-bond acceptors (Lipinski definition) is 3. The molecule has 0 aliphatic rings. The fourth-order valence-corrected chi connectivity index (χ4v) is 5.05. The van der Waals surface area contributed by atoms with Gasteiger partial charge in [0.1, 0.15) is 11.2 Å². The van der Waals surface area contributed by atoms with Crippen LogP contribution in [0.4, 0.5) is 0 Å². The minimum Gasteiger partial charge on any atom is -0.456 e. The molecular formula is C33H31BO3. The van der Waals surface area contributed by atoms with Crippen molar-refractivity contribution in [2.75, 3.05) is 7.11 Å². The average Bonchev–Trinajstić information content (AvgIpc) is 3.26. The standard InChI is InChI=1S/C33H31BO3/c1-32(2,35-5)33(3,4)37-34-29-16-15-24(25-12-8-9-13-26(25)29)23-14-17-30-27(19-23)28-18-21-10-6-7-11-22(21)20-31(28)36-30/h6-20,34H,1-5H3. The lowest BCUT2D eigenvalue weighted by Crippen LogP contribution is -2.50. The number of hydrogen-bond donors (Lipinski definition) is 0. The molecule has 4 heteroatoms. The maximum atomic E-state index is 6.42. The molecule has 0 unspecified atom stereocenters. The number of ether oxygens (including phenoxy) is 1. The van der Waals surface area contributed by atoms with Crippen LogP contribution in [0, 0.1) is 0 Å². The van der Waals surface area contributed by atoms with E-state index in [-0.39, 0.29) is 0 Å². The van der Waals surface area contributed by atoms with Gasteiger partial charge in [-0.2, -0.15) is 0 Å². The maximum absolute atomic E-state index is 6.42. The molecule has 184 valence electrons. The molecule has 5 aromatic carbocycles.